The smallest absolute Gasteiger partial charge is 0.237 e. The van der Waals surface area contributed by atoms with Crippen molar-refractivity contribution in [3.63, 3.8) is 0 Å². The molecule has 0 atom stereocenters. The van der Waals surface area contributed by atoms with Crippen molar-refractivity contribution < 1.29 is 17.9 Å². The quantitative estimate of drug-likeness (QED) is 0.786. The zero-order valence-electron chi connectivity index (χ0n) is 13.7. The molecule has 1 aliphatic heterocycles. The molecule has 6 nitrogen and oxygen atoms in total. The molecule has 0 N–H and O–H groups in total. The van der Waals surface area contributed by atoms with Gasteiger partial charge in [0.25, 0.3) is 0 Å². The molecule has 0 saturated carbocycles. The summed E-state index contributed by atoms with van der Waals surface area (Å²) in [7, 11) is -1.95. The second-order valence-electron chi connectivity index (χ2n) is 5.78. The van der Waals surface area contributed by atoms with Crippen LogP contribution in [-0.4, -0.2) is 56.5 Å². The summed E-state index contributed by atoms with van der Waals surface area (Å²) in [5.74, 6) is 0.483. The molecule has 1 aliphatic rings. The van der Waals surface area contributed by atoms with E-state index in [0.29, 0.717) is 18.8 Å². The molecule has 128 valence electrons. The highest BCUT2D eigenvalue weighted by atomic mass is 32.2. The Labute approximate surface area is 138 Å². The van der Waals surface area contributed by atoms with E-state index in [1.54, 1.807) is 18.1 Å². The van der Waals surface area contributed by atoms with Crippen LogP contribution in [0, 0.1) is 0 Å². The van der Waals surface area contributed by atoms with Crippen LogP contribution < -0.4 is 4.74 Å². The van der Waals surface area contributed by atoms with E-state index in [9.17, 15) is 13.2 Å². The third-order valence-corrected chi connectivity index (χ3v) is 5.22. The standard InChI is InChI=1S/C16H24N2O4S/c1-22-15-9-5-4-8-14(15)12-18(23(2,20)21)13-16(19)17-10-6-3-7-11-17/h4-5,8-9H,3,6-7,10-13H2,1-2H3. The third kappa shape index (κ3) is 4.94. The minimum Gasteiger partial charge on any atom is -0.496 e. The maximum absolute atomic E-state index is 12.4. The Kier molecular flexibility index (Phi) is 6.01. The van der Waals surface area contributed by atoms with Gasteiger partial charge in [0.2, 0.25) is 15.9 Å². The molecule has 1 aromatic rings. The predicted molar refractivity (Wildman–Crippen MR) is 88.7 cm³/mol. The maximum Gasteiger partial charge on any atom is 0.237 e. The van der Waals surface area contributed by atoms with Crippen molar-refractivity contribution in [2.24, 2.45) is 0 Å². The summed E-state index contributed by atoms with van der Waals surface area (Å²) in [5, 5.41) is 0. The number of carbonyl (C=O) groups excluding carboxylic acids is 1. The van der Waals surface area contributed by atoms with Gasteiger partial charge < -0.3 is 9.64 Å². The number of carbonyl (C=O) groups is 1. The summed E-state index contributed by atoms with van der Waals surface area (Å²) in [6, 6.07) is 7.24. The number of para-hydroxylation sites is 1. The molecule has 1 heterocycles. The van der Waals surface area contributed by atoms with Crippen LogP contribution in [0.15, 0.2) is 24.3 Å². The van der Waals surface area contributed by atoms with Crippen molar-refractivity contribution in [2.75, 3.05) is 33.0 Å². The second-order valence-corrected chi connectivity index (χ2v) is 7.77. The minimum atomic E-state index is -3.49. The summed E-state index contributed by atoms with van der Waals surface area (Å²) in [6.07, 6.45) is 4.22. The fraction of sp³-hybridized carbons (Fsp3) is 0.562. The van der Waals surface area contributed by atoms with E-state index < -0.39 is 10.0 Å². The largest absolute Gasteiger partial charge is 0.496 e. The number of likely N-dealkylation sites (tertiary alicyclic amines) is 1. The Morgan fingerprint density at radius 3 is 2.48 bits per heavy atom. The molecule has 7 heteroatoms. The number of benzene rings is 1. The monoisotopic (exact) mass is 340 g/mol. The molecule has 2 rings (SSSR count). The van der Waals surface area contributed by atoms with Crippen molar-refractivity contribution in [2.45, 2.75) is 25.8 Å². The van der Waals surface area contributed by atoms with Gasteiger partial charge in [0.1, 0.15) is 5.75 Å². The predicted octanol–water partition coefficient (Wildman–Crippen LogP) is 1.47. The van der Waals surface area contributed by atoms with Crippen LogP contribution in [0.4, 0.5) is 0 Å². The van der Waals surface area contributed by atoms with Gasteiger partial charge in [-0.2, -0.15) is 4.31 Å². The van der Waals surface area contributed by atoms with E-state index in [4.69, 9.17) is 4.74 Å². The third-order valence-electron chi connectivity index (χ3n) is 4.03. The number of hydrogen-bond donors (Lipinski definition) is 0. The molecular formula is C16H24N2O4S. The van der Waals surface area contributed by atoms with Gasteiger partial charge in [-0.25, -0.2) is 8.42 Å². The average molecular weight is 340 g/mol. The number of hydrogen-bond acceptors (Lipinski definition) is 4. The lowest BCUT2D eigenvalue weighted by Crippen LogP contribution is -2.44. The zero-order chi connectivity index (χ0) is 16.9. The Morgan fingerprint density at radius 2 is 1.87 bits per heavy atom. The number of nitrogens with zero attached hydrogens (tertiary/aromatic N) is 2. The average Bonchev–Trinajstić information content (AvgIpc) is 2.54. The molecular weight excluding hydrogens is 316 g/mol. The molecule has 1 fully saturated rings. The lowest BCUT2D eigenvalue weighted by atomic mass is 10.1. The van der Waals surface area contributed by atoms with E-state index in [1.807, 2.05) is 18.2 Å². The Morgan fingerprint density at radius 1 is 1.22 bits per heavy atom. The zero-order valence-corrected chi connectivity index (χ0v) is 14.5. The highest BCUT2D eigenvalue weighted by Crippen LogP contribution is 2.20. The summed E-state index contributed by atoms with van der Waals surface area (Å²) in [6.45, 7) is 1.43. The molecule has 1 aromatic carbocycles. The summed E-state index contributed by atoms with van der Waals surface area (Å²) >= 11 is 0. The van der Waals surface area contributed by atoms with Crippen LogP contribution >= 0.6 is 0 Å². The minimum absolute atomic E-state index is 0.127. The number of methoxy groups -OCH3 is 1. The van der Waals surface area contributed by atoms with E-state index >= 15 is 0 Å². The van der Waals surface area contributed by atoms with Crippen LogP contribution in [0.5, 0.6) is 5.75 Å². The number of amides is 1. The van der Waals surface area contributed by atoms with Crippen molar-refractivity contribution in [1.29, 1.82) is 0 Å². The molecule has 1 saturated heterocycles. The van der Waals surface area contributed by atoms with E-state index in [2.05, 4.69) is 0 Å². The van der Waals surface area contributed by atoms with Gasteiger partial charge in [-0.1, -0.05) is 18.2 Å². The van der Waals surface area contributed by atoms with Crippen molar-refractivity contribution in [3.8, 4) is 5.75 Å². The Bertz CT molecular complexity index is 639. The molecule has 0 unspecified atom stereocenters. The molecule has 0 radical (unpaired) electrons. The lowest BCUT2D eigenvalue weighted by molar-refractivity contribution is -0.132. The van der Waals surface area contributed by atoms with Gasteiger partial charge in [-0.3, -0.25) is 4.79 Å². The van der Waals surface area contributed by atoms with Crippen LogP contribution in [0.2, 0.25) is 0 Å². The van der Waals surface area contributed by atoms with Crippen LogP contribution in [0.1, 0.15) is 24.8 Å². The van der Waals surface area contributed by atoms with Crippen LogP contribution in [0.25, 0.3) is 0 Å². The maximum atomic E-state index is 12.4. The molecule has 0 aliphatic carbocycles. The molecule has 1 amide bonds. The van der Waals surface area contributed by atoms with Gasteiger partial charge in [0.05, 0.1) is 19.9 Å². The highest BCUT2D eigenvalue weighted by molar-refractivity contribution is 7.88. The van der Waals surface area contributed by atoms with E-state index in [0.717, 1.165) is 31.1 Å². The number of sulfonamides is 1. The van der Waals surface area contributed by atoms with Gasteiger partial charge in [0.15, 0.2) is 0 Å². The molecule has 23 heavy (non-hydrogen) atoms. The van der Waals surface area contributed by atoms with Gasteiger partial charge in [-0.15, -0.1) is 0 Å². The van der Waals surface area contributed by atoms with Crippen LogP contribution in [0.3, 0.4) is 0 Å². The molecule has 0 aromatic heterocycles. The first-order chi connectivity index (χ1) is 10.9. The SMILES string of the molecule is COc1ccccc1CN(CC(=O)N1CCCCC1)S(C)(=O)=O. The summed E-state index contributed by atoms with van der Waals surface area (Å²) < 4.78 is 30.6. The van der Waals surface area contributed by atoms with Gasteiger partial charge in [-0.05, 0) is 25.3 Å². The molecule has 0 bridgehead atoms. The Hall–Kier alpha value is -1.60. The first kappa shape index (κ1) is 17.7. The second kappa shape index (κ2) is 7.79. The number of ether oxygens (including phenoxy) is 1. The summed E-state index contributed by atoms with van der Waals surface area (Å²) in [4.78, 5) is 14.1. The first-order valence-corrected chi connectivity index (χ1v) is 9.61. The van der Waals surface area contributed by atoms with E-state index in [1.165, 1.54) is 4.31 Å². The van der Waals surface area contributed by atoms with Crippen molar-refractivity contribution in [3.05, 3.63) is 29.8 Å². The highest BCUT2D eigenvalue weighted by Gasteiger charge is 2.25. The Balaban J connectivity index is 2.13. The fourth-order valence-electron chi connectivity index (χ4n) is 2.71. The van der Waals surface area contributed by atoms with Gasteiger partial charge in [0, 0.05) is 25.2 Å². The normalized spacial score (nSPS) is 15.7. The molecule has 0 spiro atoms. The van der Waals surface area contributed by atoms with Crippen LogP contribution in [-0.2, 0) is 21.4 Å². The fourth-order valence-corrected chi connectivity index (χ4v) is 3.43. The lowest BCUT2D eigenvalue weighted by Gasteiger charge is -2.29. The van der Waals surface area contributed by atoms with Gasteiger partial charge >= 0.3 is 0 Å². The first-order valence-electron chi connectivity index (χ1n) is 7.76. The number of rotatable bonds is 6. The topological polar surface area (TPSA) is 66.9 Å². The van der Waals surface area contributed by atoms with E-state index in [-0.39, 0.29) is 19.0 Å². The van der Waals surface area contributed by atoms with Crippen molar-refractivity contribution in [1.82, 2.24) is 9.21 Å². The number of piperidine rings is 1. The van der Waals surface area contributed by atoms with Crippen molar-refractivity contribution >= 4 is 15.9 Å². The summed E-state index contributed by atoms with van der Waals surface area (Å²) in [5.41, 5.74) is 0.742.